The molecular weight excluding hydrogens is 270 g/mol. The van der Waals surface area contributed by atoms with Crippen LogP contribution in [0.3, 0.4) is 0 Å². The first kappa shape index (κ1) is 14.5. The largest absolute Gasteiger partial charge is 0.397 e. The lowest BCUT2D eigenvalue weighted by molar-refractivity contribution is 0.0944. The first-order valence-corrected chi connectivity index (χ1v) is 7.35. The Hall–Kier alpha value is -1.88. The van der Waals surface area contributed by atoms with Gasteiger partial charge in [0.25, 0.3) is 0 Å². The summed E-state index contributed by atoms with van der Waals surface area (Å²) in [6.45, 7) is 4.47. The van der Waals surface area contributed by atoms with Gasteiger partial charge in [-0.3, -0.25) is 9.78 Å². The van der Waals surface area contributed by atoms with Crippen LogP contribution in [0.5, 0.6) is 0 Å². The van der Waals surface area contributed by atoms with Gasteiger partial charge in [0.15, 0.2) is 5.78 Å². The maximum Gasteiger partial charge on any atom is 0.177 e. The van der Waals surface area contributed by atoms with Crippen LogP contribution in [0.4, 0.5) is 10.7 Å². The van der Waals surface area contributed by atoms with E-state index in [0.717, 1.165) is 10.7 Å². The molecule has 2 N–H and O–H groups in total. The van der Waals surface area contributed by atoms with E-state index in [-0.39, 0.29) is 11.7 Å². The lowest BCUT2D eigenvalue weighted by atomic mass is 10.1. The molecule has 0 amide bonds. The fourth-order valence-electron chi connectivity index (χ4n) is 1.85. The van der Waals surface area contributed by atoms with E-state index < -0.39 is 0 Å². The van der Waals surface area contributed by atoms with Gasteiger partial charge >= 0.3 is 0 Å². The van der Waals surface area contributed by atoms with Gasteiger partial charge in [0, 0.05) is 19.2 Å². The zero-order valence-corrected chi connectivity index (χ0v) is 12.8. The van der Waals surface area contributed by atoms with E-state index in [0.29, 0.717) is 17.1 Å². The zero-order valence-electron chi connectivity index (χ0n) is 12.0. The predicted octanol–water partition coefficient (Wildman–Crippen LogP) is 3.20. The van der Waals surface area contributed by atoms with Crippen molar-refractivity contribution in [2.75, 3.05) is 17.7 Å². The number of anilines is 2. The van der Waals surface area contributed by atoms with E-state index >= 15 is 0 Å². The molecule has 0 aliphatic rings. The third kappa shape index (κ3) is 3.17. The van der Waals surface area contributed by atoms with Crippen molar-refractivity contribution in [2.45, 2.75) is 20.4 Å². The normalized spacial score (nSPS) is 10.8. The van der Waals surface area contributed by atoms with Crippen LogP contribution in [0, 0.1) is 5.92 Å². The second kappa shape index (κ2) is 6.05. The van der Waals surface area contributed by atoms with Gasteiger partial charge in [-0.25, -0.2) is 0 Å². The summed E-state index contributed by atoms with van der Waals surface area (Å²) in [6, 6.07) is 7.70. The first-order chi connectivity index (χ1) is 9.49. The predicted molar refractivity (Wildman–Crippen MR) is 84.2 cm³/mol. The molecule has 0 saturated carbocycles. The Morgan fingerprint density at radius 2 is 2.20 bits per heavy atom. The van der Waals surface area contributed by atoms with Crippen molar-refractivity contribution in [2.24, 2.45) is 5.92 Å². The fourth-order valence-corrected chi connectivity index (χ4v) is 2.98. The second-order valence-electron chi connectivity index (χ2n) is 5.07. The highest BCUT2D eigenvalue weighted by atomic mass is 32.1. The summed E-state index contributed by atoms with van der Waals surface area (Å²) in [4.78, 5) is 19.1. The number of rotatable bonds is 5. The average Bonchev–Trinajstić information content (AvgIpc) is 2.81. The minimum atomic E-state index is -0.0371. The maximum atomic E-state index is 12.1. The Morgan fingerprint density at radius 3 is 2.80 bits per heavy atom. The van der Waals surface area contributed by atoms with Gasteiger partial charge in [0.05, 0.1) is 27.8 Å². The molecule has 2 heterocycles. The fraction of sp³-hybridized carbons (Fsp3) is 0.333. The molecule has 0 atom stereocenters. The van der Waals surface area contributed by atoms with Gasteiger partial charge < -0.3 is 10.6 Å². The molecule has 2 rings (SSSR count). The highest BCUT2D eigenvalue weighted by Gasteiger charge is 2.18. The topological polar surface area (TPSA) is 59.2 Å². The monoisotopic (exact) mass is 289 g/mol. The molecule has 2 aromatic rings. The number of aromatic nitrogens is 1. The van der Waals surface area contributed by atoms with Crippen molar-refractivity contribution in [3.8, 4) is 0 Å². The molecule has 0 radical (unpaired) electrons. The lowest BCUT2D eigenvalue weighted by Gasteiger charge is -2.16. The summed E-state index contributed by atoms with van der Waals surface area (Å²) in [6.07, 6.45) is 1.78. The van der Waals surface area contributed by atoms with Crippen molar-refractivity contribution >= 4 is 27.8 Å². The van der Waals surface area contributed by atoms with Crippen LogP contribution >= 0.6 is 11.3 Å². The first-order valence-electron chi connectivity index (χ1n) is 6.53. The molecule has 20 heavy (non-hydrogen) atoms. The molecule has 0 aliphatic heterocycles. The SMILES string of the molecule is CC(C)C(=O)c1sc(N(C)Cc2ccccn2)cc1N. The second-order valence-corrected chi connectivity index (χ2v) is 6.10. The van der Waals surface area contributed by atoms with Gasteiger partial charge in [-0.2, -0.15) is 0 Å². The van der Waals surface area contributed by atoms with Crippen molar-refractivity contribution < 1.29 is 4.79 Å². The third-order valence-corrected chi connectivity index (χ3v) is 4.28. The minimum absolute atomic E-state index is 0.0371. The van der Waals surface area contributed by atoms with Gasteiger partial charge in [-0.15, -0.1) is 11.3 Å². The number of Topliss-reactive ketones (excluding diaryl/α,β-unsaturated/α-hetero) is 1. The van der Waals surface area contributed by atoms with Crippen LogP contribution in [-0.4, -0.2) is 17.8 Å². The van der Waals surface area contributed by atoms with Crippen molar-refractivity contribution in [3.05, 3.63) is 41.0 Å². The van der Waals surface area contributed by atoms with Gasteiger partial charge in [0.1, 0.15) is 0 Å². The number of pyridine rings is 1. The van der Waals surface area contributed by atoms with Crippen molar-refractivity contribution in [3.63, 3.8) is 0 Å². The lowest BCUT2D eigenvalue weighted by Crippen LogP contribution is -2.15. The Morgan fingerprint density at radius 1 is 1.45 bits per heavy atom. The zero-order chi connectivity index (χ0) is 14.7. The van der Waals surface area contributed by atoms with Gasteiger partial charge in [-0.05, 0) is 18.2 Å². The molecule has 0 aromatic carbocycles. The van der Waals surface area contributed by atoms with Crippen LogP contribution in [0.2, 0.25) is 0 Å². The number of nitrogen functional groups attached to an aromatic ring is 1. The Labute approximate surface area is 123 Å². The smallest absolute Gasteiger partial charge is 0.177 e. The summed E-state index contributed by atoms with van der Waals surface area (Å²) in [5, 5.41) is 0.983. The van der Waals surface area contributed by atoms with Crippen molar-refractivity contribution in [1.29, 1.82) is 0 Å². The van der Waals surface area contributed by atoms with Crippen molar-refractivity contribution in [1.82, 2.24) is 4.98 Å². The van der Waals surface area contributed by atoms with E-state index in [2.05, 4.69) is 9.88 Å². The van der Waals surface area contributed by atoms with E-state index in [1.54, 1.807) is 6.20 Å². The van der Waals surface area contributed by atoms with Crippen LogP contribution in [0.25, 0.3) is 0 Å². The number of carbonyl (C=O) groups is 1. The standard InChI is InChI=1S/C15H19N3OS/c1-10(2)14(19)15-12(16)8-13(20-15)18(3)9-11-6-4-5-7-17-11/h4-8,10H,9,16H2,1-3H3. The van der Waals surface area contributed by atoms with E-state index in [1.807, 2.05) is 45.2 Å². The summed E-state index contributed by atoms with van der Waals surface area (Å²) in [5.74, 6) is 0.0647. The van der Waals surface area contributed by atoms with Gasteiger partial charge in [0.2, 0.25) is 0 Å². The van der Waals surface area contributed by atoms with E-state index in [4.69, 9.17) is 5.73 Å². The molecule has 0 aliphatic carbocycles. The number of hydrogen-bond acceptors (Lipinski definition) is 5. The maximum absolute atomic E-state index is 12.1. The number of hydrogen-bond donors (Lipinski definition) is 1. The minimum Gasteiger partial charge on any atom is -0.397 e. The molecule has 0 fully saturated rings. The third-order valence-electron chi connectivity index (χ3n) is 3.00. The van der Waals surface area contributed by atoms with Crippen LogP contribution in [0.15, 0.2) is 30.5 Å². The summed E-state index contributed by atoms with van der Waals surface area (Å²) in [5.41, 5.74) is 7.51. The highest BCUT2D eigenvalue weighted by Crippen LogP contribution is 2.33. The van der Waals surface area contributed by atoms with Gasteiger partial charge in [-0.1, -0.05) is 19.9 Å². The molecule has 2 aromatic heterocycles. The van der Waals surface area contributed by atoms with E-state index in [1.165, 1.54) is 11.3 Å². The molecule has 4 nitrogen and oxygen atoms in total. The summed E-state index contributed by atoms with van der Waals surface area (Å²) in [7, 11) is 1.98. The van der Waals surface area contributed by atoms with Crippen LogP contribution < -0.4 is 10.6 Å². The number of thiophene rings is 1. The molecule has 0 saturated heterocycles. The average molecular weight is 289 g/mol. The quantitative estimate of drug-likeness (QED) is 0.859. The molecule has 106 valence electrons. The number of ketones is 1. The Kier molecular flexibility index (Phi) is 4.39. The molecule has 0 unspecified atom stereocenters. The Balaban J connectivity index is 2.17. The highest BCUT2D eigenvalue weighted by molar-refractivity contribution is 7.18. The molecule has 5 heteroatoms. The number of nitrogens with zero attached hydrogens (tertiary/aromatic N) is 2. The van der Waals surface area contributed by atoms with Crippen LogP contribution in [0.1, 0.15) is 29.2 Å². The molecule has 0 spiro atoms. The molecular formula is C15H19N3OS. The van der Waals surface area contributed by atoms with E-state index in [9.17, 15) is 4.79 Å². The summed E-state index contributed by atoms with van der Waals surface area (Å²) >= 11 is 1.45. The Bertz CT molecular complexity index is 592. The number of nitrogens with two attached hydrogens (primary N) is 1. The summed E-state index contributed by atoms with van der Waals surface area (Å²) < 4.78 is 0. The van der Waals surface area contributed by atoms with Crippen LogP contribution in [-0.2, 0) is 6.54 Å². The molecule has 0 bridgehead atoms. The number of carbonyl (C=O) groups excluding carboxylic acids is 1.